The monoisotopic (exact) mass is 356 g/mol. The van der Waals surface area contributed by atoms with Gasteiger partial charge in [-0.25, -0.2) is 0 Å². The molecular weight excluding hydrogens is 344 g/mol. The minimum atomic E-state index is 0.0885. The van der Waals surface area contributed by atoms with Crippen molar-refractivity contribution in [2.45, 2.75) is 24.1 Å². The summed E-state index contributed by atoms with van der Waals surface area (Å²) in [6, 6.07) is 10.4. The molecule has 100 valence electrons. The smallest absolute Gasteiger partial charge is 0.123 e. The van der Waals surface area contributed by atoms with Gasteiger partial charge in [0.2, 0.25) is 0 Å². The van der Waals surface area contributed by atoms with E-state index in [1.807, 2.05) is 6.07 Å². The molecule has 1 aromatic heterocycles. The van der Waals surface area contributed by atoms with Gasteiger partial charge in [0.25, 0.3) is 0 Å². The molecule has 0 spiro atoms. The lowest BCUT2D eigenvalue weighted by Gasteiger charge is -2.17. The minimum Gasteiger partial charge on any atom is -0.492 e. The predicted molar refractivity (Wildman–Crippen MR) is 85.1 cm³/mol. The fourth-order valence-electron chi connectivity index (χ4n) is 2.32. The number of fused-ring (bicyclic) bond motifs is 1. The third-order valence-electron chi connectivity index (χ3n) is 3.46. The average molecular weight is 358 g/mol. The molecule has 4 heteroatoms. The Labute approximate surface area is 130 Å². The van der Waals surface area contributed by atoms with Crippen LogP contribution < -0.4 is 4.74 Å². The number of hydrogen-bond acceptors (Lipinski definition) is 2. The highest BCUT2D eigenvalue weighted by Crippen LogP contribution is 2.43. The van der Waals surface area contributed by atoms with Gasteiger partial charge in [-0.2, -0.15) is 0 Å². The van der Waals surface area contributed by atoms with Crippen LogP contribution >= 0.6 is 38.9 Å². The van der Waals surface area contributed by atoms with E-state index in [1.54, 1.807) is 11.3 Å². The maximum Gasteiger partial charge on any atom is 0.123 e. The summed E-state index contributed by atoms with van der Waals surface area (Å²) in [5.74, 6) is 1.01. The molecule has 2 heterocycles. The van der Waals surface area contributed by atoms with E-state index in [0.717, 1.165) is 16.7 Å². The fraction of sp³-hybridized carbons (Fsp3) is 0.333. The molecule has 0 N–H and O–H groups in total. The van der Waals surface area contributed by atoms with Crippen LogP contribution in [0.15, 0.2) is 30.3 Å². The van der Waals surface area contributed by atoms with Crippen molar-refractivity contribution in [2.75, 3.05) is 6.61 Å². The number of alkyl halides is 1. The maximum atomic E-state index is 6.01. The van der Waals surface area contributed by atoms with Crippen LogP contribution in [0.2, 0.25) is 4.34 Å². The SMILES string of the molecule is CC1(C)COc2ccc(C(Br)c3ccc(Cl)s3)cc21. The van der Waals surface area contributed by atoms with Crippen LogP contribution in [0.5, 0.6) is 5.75 Å². The summed E-state index contributed by atoms with van der Waals surface area (Å²) in [6.07, 6.45) is 0. The summed E-state index contributed by atoms with van der Waals surface area (Å²) < 4.78 is 6.55. The molecule has 1 aliphatic rings. The van der Waals surface area contributed by atoms with Gasteiger partial charge in [0.15, 0.2) is 0 Å². The fourth-order valence-corrected chi connectivity index (χ4v) is 4.11. The first-order chi connectivity index (χ1) is 8.97. The van der Waals surface area contributed by atoms with Crippen molar-refractivity contribution in [3.05, 3.63) is 50.7 Å². The van der Waals surface area contributed by atoms with E-state index in [4.69, 9.17) is 16.3 Å². The third kappa shape index (κ3) is 2.44. The molecular formula is C15H14BrClOS. The molecule has 1 unspecified atom stereocenters. The van der Waals surface area contributed by atoms with Gasteiger partial charge in [-0.05, 0) is 29.8 Å². The van der Waals surface area contributed by atoms with Gasteiger partial charge in [0.1, 0.15) is 5.75 Å². The highest BCUT2D eigenvalue weighted by molar-refractivity contribution is 9.09. The zero-order chi connectivity index (χ0) is 13.6. The highest BCUT2D eigenvalue weighted by atomic mass is 79.9. The van der Waals surface area contributed by atoms with Gasteiger partial charge in [-0.15, -0.1) is 11.3 Å². The van der Waals surface area contributed by atoms with Crippen LogP contribution in [0, 0.1) is 0 Å². The van der Waals surface area contributed by atoms with Gasteiger partial charge in [0, 0.05) is 15.9 Å². The number of thiophene rings is 1. The van der Waals surface area contributed by atoms with E-state index >= 15 is 0 Å². The molecule has 0 saturated heterocycles. The van der Waals surface area contributed by atoms with Gasteiger partial charge >= 0.3 is 0 Å². The van der Waals surface area contributed by atoms with Crippen LogP contribution in [-0.2, 0) is 5.41 Å². The Morgan fingerprint density at radius 1 is 1.32 bits per heavy atom. The van der Waals surface area contributed by atoms with Crippen molar-refractivity contribution in [1.29, 1.82) is 0 Å². The molecule has 1 aromatic carbocycles. The van der Waals surface area contributed by atoms with Crippen molar-refractivity contribution in [1.82, 2.24) is 0 Å². The molecule has 0 bridgehead atoms. The van der Waals surface area contributed by atoms with Crippen LogP contribution in [-0.4, -0.2) is 6.61 Å². The quantitative estimate of drug-likeness (QED) is 0.640. The predicted octanol–water partition coefficient (Wildman–Crippen LogP) is 5.56. The molecule has 0 aliphatic carbocycles. The van der Waals surface area contributed by atoms with Crippen molar-refractivity contribution >= 4 is 38.9 Å². The molecule has 1 nitrogen and oxygen atoms in total. The average Bonchev–Trinajstić information content (AvgIpc) is 2.93. The highest BCUT2D eigenvalue weighted by Gasteiger charge is 2.32. The molecule has 0 radical (unpaired) electrons. The Balaban J connectivity index is 1.99. The zero-order valence-corrected chi connectivity index (χ0v) is 13.9. The minimum absolute atomic E-state index is 0.0885. The van der Waals surface area contributed by atoms with Crippen molar-refractivity contribution < 1.29 is 4.74 Å². The van der Waals surface area contributed by atoms with E-state index < -0.39 is 0 Å². The van der Waals surface area contributed by atoms with Crippen molar-refractivity contribution in [2.24, 2.45) is 0 Å². The standard InChI is InChI=1S/C15H14BrClOS/c1-15(2)8-18-11-4-3-9(7-10(11)15)14(16)12-5-6-13(17)19-12/h3-7,14H,8H2,1-2H3. The van der Waals surface area contributed by atoms with E-state index in [0.29, 0.717) is 0 Å². The van der Waals surface area contributed by atoms with Crippen LogP contribution in [0.3, 0.4) is 0 Å². The number of rotatable bonds is 2. The third-order valence-corrected chi connectivity index (χ3v) is 6.08. The van der Waals surface area contributed by atoms with E-state index in [1.165, 1.54) is 16.0 Å². The Kier molecular flexibility index (Phi) is 3.40. The molecule has 1 atom stereocenters. The van der Waals surface area contributed by atoms with Crippen LogP contribution in [0.4, 0.5) is 0 Å². The topological polar surface area (TPSA) is 9.23 Å². The van der Waals surface area contributed by atoms with Crippen LogP contribution in [0.25, 0.3) is 0 Å². The van der Waals surface area contributed by atoms with E-state index in [-0.39, 0.29) is 10.2 Å². The maximum absolute atomic E-state index is 6.01. The number of benzene rings is 1. The first-order valence-electron chi connectivity index (χ1n) is 6.14. The molecule has 0 fully saturated rings. The second-order valence-corrected chi connectivity index (χ2v) is 8.09. The summed E-state index contributed by atoms with van der Waals surface area (Å²) >= 11 is 11.4. The number of ether oxygens (including phenoxy) is 1. The summed E-state index contributed by atoms with van der Waals surface area (Å²) in [6.45, 7) is 5.19. The largest absolute Gasteiger partial charge is 0.492 e. The number of hydrogen-bond donors (Lipinski definition) is 0. The first kappa shape index (κ1) is 13.5. The molecule has 2 aromatic rings. The molecule has 3 rings (SSSR count). The Morgan fingerprint density at radius 2 is 2.11 bits per heavy atom. The lowest BCUT2D eigenvalue weighted by Crippen LogP contribution is -2.18. The Hall–Kier alpha value is -0.510. The lowest BCUT2D eigenvalue weighted by molar-refractivity contribution is 0.291. The van der Waals surface area contributed by atoms with Crippen molar-refractivity contribution in [3.63, 3.8) is 0 Å². The van der Waals surface area contributed by atoms with E-state index in [9.17, 15) is 0 Å². The molecule has 0 saturated carbocycles. The molecule has 0 amide bonds. The normalized spacial score (nSPS) is 17.9. The van der Waals surface area contributed by atoms with Gasteiger partial charge in [-0.3, -0.25) is 0 Å². The second-order valence-electron chi connectivity index (χ2n) is 5.43. The lowest BCUT2D eigenvalue weighted by atomic mass is 9.86. The van der Waals surface area contributed by atoms with Gasteiger partial charge in [-0.1, -0.05) is 47.4 Å². The van der Waals surface area contributed by atoms with E-state index in [2.05, 4.69) is 54.0 Å². The summed E-state index contributed by atoms with van der Waals surface area (Å²) in [5, 5.41) is 0. The number of halogens is 2. The summed E-state index contributed by atoms with van der Waals surface area (Å²) in [7, 11) is 0. The molecule has 1 aliphatic heterocycles. The second kappa shape index (κ2) is 4.80. The van der Waals surface area contributed by atoms with Crippen LogP contribution in [0.1, 0.15) is 34.7 Å². The first-order valence-corrected chi connectivity index (χ1v) is 8.25. The van der Waals surface area contributed by atoms with Gasteiger partial charge in [0.05, 0.1) is 15.8 Å². The van der Waals surface area contributed by atoms with Gasteiger partial charge < -0.3 is 4.74 Å². The zero-order valence-electron chi connectivity index (χ0n) is 10.7. The van der Waals surface area contributed by atoms with Crippen molar-refractivity contribution in [3.8, 4) is 5.75 Å². The summed E-state index contributed by atoms with van der Waals surface area (Å²) in [4.78, 5) is 1.41. The molecule has 19 heavy (non-hydrogen) atoms. The Morgan fingerprint density at radius 3 is 2.79 bits per heavy atom. The summed E-state index contributed by atoms with van der Waals surface area (Å²) in [5.41, 5.74) is 2.62. The Bertz CT molecular complexity index is 620.